The lowest BCUT2D eigenvalue weighted by atomic mass is 10.2. The van der Waals surface area contributed by atoms with Gasteiger partial charge < -0.3 is 14.2 Å². The first-order valence-corrected chi connectivity index (χ1v) is 5.31. The quantitative estimate of drug-likeness (QED) is 0.728. The maximum Gasteiger partial charge on any atom is 0.356 e. The monoisotopic (exact) mass is 253 g/mol. The fourth-order valence-electron chi connectivity index (χ4n) is 1.39. The van der Waals surface area contributed by atoms with Crippen molar-refractivity contribution in [3.63, 3.8) is 0 Å². The van der Waals surface area contributed by atoms with Crippen LogP contribution in [0.4, 0.5) is 0 Å². The molecule has 0 bridgehead atoms. The van der Waals surface area contributed by atoms with Crippen molar-refractivity contribution in [1.82, 2.24) is 4.98 Å². The Hall–Kier alpha value is -2.11. The van der Waals surface area contributed by atoms with Gasteiger partial charge in [0.05, 0.1) is 33.4 Å². The zero-order chi connectivity index (χ0) is 13.5. The zero-order valence-corrected chi connectivity index (χ0v) is 10.6. The summed E-state index contributed by atoms with van der Waals surface area (Å²) in [4.78, 5) is 26.5. The normalized spacial score (nSPS) is 9.72. The van der Waals surface area contributed by atoms with Gasteiger partial charge in [-0.05, 0) is 12.1 Å². The smallest absolute Gasteiger partial charge is 0.356 e. The number of aryl methyl sites for hydroxylation is 1. The lowest BCUT2D eigenvalue weighted by Gasteiger charge is -2.08. The van der Waals surface area contributed by atoms with E-state index in [4.69, 9.17) is 4.74 Å². The third kappa shape index (κ3) is 3.44. The molecule has 0 aliphatic heterocycles. The van der Waals surface area contributed by atoms with Crippen LogP contribution in [0.1, 0.15) is 22.6 Å². The molecule has 1 aromatic rings. The van der Waals surface area contributed by atoms with E-state index in [0.29, 0.717) is 17.9 Å². The minimum Gasteiger partial charge on any atom is -0.495 e. The molecule has 0 unspecified atom stereocenters. The minimum atomic E-state index is -0.531. The van der Waals surface area contributed by atoms with E-state index < -0.39 is 5.97 Å². The van der Waals surface area contributed by atoms with Crippen molar-refractivity contribution < 1.29 is 23.8 Å². The Bertz CT molecular complexity index is 444. The average Bonchev–Trinajstić information content (AvgIpc) is 2.43. The fraction of sp³-hybridized carbons (Fsp3) is 0.417. The summed E-state index contributed by atoms with van der Waals surface area (Å²) in [5, 5.41) is 0. The summed E-state index contributed by atoms with van der Waals surface area (Å²) < 4.78 is 14.2. The second-order valence-corrected chi connectivity index (χ2v) is 3.41. The van der Waals surface area contributed by atoms with Crippen molar-refractivity contribution in [2.45, 2.75) is 12.8 Å². The lowest BCUT2D eigenvalue weighted by Crippen LogP contribution is -2.09. The summed E-state index contributed by atoms with van der Waals surface area (Å²) in [6.45, 7) is 0. The van der Waals surface area contributed by atoms with Crippen molar-refractivity contribution in [3.05, 3.63) is 23.5 Å². The van der Waals surface area contributed by atoms with Crippen LogP contribution in [0, 0.1) is 0 Å². The van der Waals surface area contributed by atoms with Crippen LogP contribution >= 0.6 is 0 Å². The zero-order valence-electron chi connectivity index (χ0n) is 10.6. The number of carbonyl (C=O) groups excluding carboxylic acids is 2. The third-order valence-electron chi connectivity index (χ3n) is 2.34. The first-order valence-electron chi connectivity index (χ1n) is 5.31. The highest BCUT2D eigenvalue weighted by molar-refractivity contribution is 5.87. The largest absolute Gasteiger partial charge is 0.495 e. The van der Waals surface area contributed by atoms with Gasteiger partial charge in [-0.25, -0.2) is 9.78 Å². The first kappa shape index (κ1) is 14.0. The number of carbonyl (C=O) groups is 2. The number of rotatable bonds is 5. The number of ether oxygens (including phenoxy) is 3. The molecule has 6 heteroatoms. The molecule has 98 valence electrons. The lowest BCUT2D eigenvalue weighted by molar-refractivity contribution is -0.140. The first-order chi connectivity index (χ1) is 8.62. The average molecular weight is 253 g/mol. The second-order valence-electron chi connectivity index (χ2n) is 3.41. The molecule has 1 rings (SSSR count). The van der Waals surface area contributed by atoms with Gasteiger partial charge in [-0.3, -0.25) is 4.79 Å². The molecule has 0 aliphatic rings. The summed E-state index contributed by atoms with van der Waals surface area (Å²) in [6.07, 6.45) is 0.505. The van der Waals surface area contributed by atoms with Crippen LogP contribution in [0.3, 0.4) is 0 Å². The Morgan fingerprint density at radius 2 is 1.89 bits per heavy atom. The van der Waals surface area contributed by atoms with Gasteiger partial charge in [0.2, 0.25) is 0 Å². The predicted molar refractivity (Wildman–Crippen MR) is 62.5 cm³/mol. The minimum absolute atomic E-state index is 0.171. The Kier molecular flexibility index (Phi) is 5.10. The number of hydrogen-bond donors (Lipinski definition) is 0. The number of hydrogen-bond acceptors (Lipinski definition) is 6. The number of esters is 2. The van der Waals surface area contributed by atoms with Gasteiger partial charge in [-0.2, -0.15) is 0 Å². The van der Waals surface area contributed by atoms with Crippen LogP contribution in [-0.4, -0.2) is 38.3 Å². The standard InChI is InChI=1S/C12H15NO5/c1-16-10-6-4-9(12(15)18-3)13-8(10)5-7-11(14)17-2/h4,6H,5,7H2,1-3H3. The van der Waals surface area contributed by atoms with Crippen molar-refractivity contribution in [3.8, 4) is 5.75 Å². The van der Waals surface area contributed by atoms with Crippen molar-refractivity contribution in [2.24, 2.45) is 0 Å². The molecule has 0 radical (unpaired) electrons. The highest BCUT2D eigenvalue weighted by Gasteiger charge is 2.13. The van der Waals surface area contributed by atoms with E-state index in [9.17, 15) is 9.59 Å². The van der Waals surface area contributed by atoms with Crippen LogP contribution in [0.15, 0.2) is 12.1 Å². The molecule has 0 aliphatic carbocycles. The molecule has 0 atom stereocenters. The van der Waals surface area contributed by atoms with Crippen LogP contribution in [0.5, 0.6) is 5.75 Å². The van der Waals surface area contributed by atoms with E-state index in [1.807, 2.05) is 0 Å². The molecular formula is C12H15NO5. The van der Waals surface area contributed by atoms with Crippen LogP contribution in [0.25, 0.3) is 0 Å². The summed E-state index contributed by atoms with van der Waals surface area (Å²) in [6, 6.07) is 3.12. The third-order valence-corrected chi connectivity index (χ3v) is 2.34. The molecule has 0 saturated carbocycles. The summed E-state index contributed by atoms with van der Waals surface area (Å²) in [5.74, 6) is -0.356. The Morgan fingerprint density at radius 3 is 2.44 bits per heavy atom. The van der Waals surface area contributed by atoms with Gasteiger partial charge >= 0.3 is 11.9 Å². The molecular weight excluding hydrogens is 238 g/mol. The molecule has 0 aromatic carbocycles. The summed E-state index contributed by atoms with van der Waals surface area (Å²) in [7, 11) is 4.09. The maximum atomic E-state index is 11.3. The number of pyridine rings is 1. The summed E-state index contributed by atoms with van der Waals surface area (Å²) >= 11 is 0. The molecule has 0 saturated heterocycles. The van der Waals surface area contributed by atoms with E-state index >= 15 is 0 Å². The van der Waals surface area contributed by atoms with Crippen LogP contribution in [0.2, 0.25) is 0 Å². The number of aromatic nitrogens is 1. The van der Waals surface area contributed by atoms with E-state index in [2.05, 4.69) is 14.5 Å². The molecule has 0 N–H and O–H groups in total. The Balaban J connectivity index is 2.91. The molecule has 0 fully saturated rings. The highest BCUT2D eigenvalue weighted by Crippen LogP contribution is 2.18. The molecule has 6 nitrogen and oxygen atoms in total. The van der Waals surface area contributed by atoms with E-state index in [-0.39, 0.29) is 18.1 Å². The molecule has 1 heterocycles. The molecule has 0 spiro atoms. The molecule has 0 amide bonds. The van der Waals surface area contributed by atoms with Gasteiger partial charge in [0, 0.05) is 6.42 Å². The molecule has 18 heavy (non-hydrogen) atoms. The van der Waals surface area contributed by atoms with E-state index in [1.54, 1.807) is 6.07 Å². The Morgan fingerprint density at radius 1 is 1.17 bits per heavy atom. The van der Waals surface area contributed by atoms with Gasteiger partial charge in [0.25, 0.3) is 0 Å². The summed E-state index contributed by atoms with van der Waals surface area (Å²) in [5.41, 5.74) is 0.698. The van der Waals surface area contributed by atoms with Gasteiger partial charge in [0.1, 0.15) is 11.4 Å². The van der Waals surface area contributed by atoms with Gasteiger partial charge in [-0.15, -0.1) is 0 Å². The van der Waals surface area contributed by atoms with Crippen LogP contribution < -0.4 is 4.74 Å². The SMILES string of the molecule is COC(=O)CCc1nc(C(=O)OC)ccc1OC. The predicted octanol–water partition coefficient (Wildman–Crippen LogP) is 0.982. The van der Waals surface area contributed by atoms with E-state index in [0.717, 1.165) is 0 Å². The highest BCUT2D eigenvalue weighted by atomic mass is 16.5. The van der Waals surface area contributed by atoms with Crippen molar-refractivity contribution in [1.29, 1.82) is 0 Å². The fourth-order valence-corrected chi connectivity index (χ4v) is 1.39. The maximum absolute atomic E-state index is 11.3. The van der Waals surface area contributed by atoms with Crippen molar-refractivity contribution in [2.75, 3.05) is 21.3 Å². The van der Waals surface area contributed by atoms with E-state index in [1.165, 1.54) is 27.4 Å². The topological polar surface area (TPSA) is 74.7 Å². The van der Waals surface area contributed by atoms with Gasteiger partial charge in [-0.1, -0.05) is 0 Å². The van der Waals surface area contributed by atoms with Gasteiger partial charge in [0.15, 0.2) is 0 Å². The second kappa shape index (κ2) is 6.58. The Labute approximate surface area is 105 Å². The molecule has 1 aromatic heterocycles. The number of nitrogens with zero attached hydrogens (tertiary/aromatic N) is 1. The van der Waals surface area contributed by atoms with Crippen molar-refractivity contribution >= 4 is 11.9 Å². The number of methoxy groups -OCH3 is 3. The van der Waals surface area contributed by atoms with Crippen LogP contribution in [-0.2, 0) is 20.7 Å².